The van der Waals surface area contributed by atoms with Gasteiger partial charge in [-0.3, -0.25) is 0 Å². The minimum absolute atomic E-state index is 0.248. The van der Waals surface area contributed by atoms with Crippen molar-refractivity contribution >= 4 is 11.3 Å². The molecule has 1 N–H and O–H groups in total. The quantitative estimate of drug-likeness (QED) is 0.751. The highest BCUT2D eigenvalue weighted by Crippen LogP contribution is 2.48. The Morgan fingerprint density at radius 2 is 2.18 bits per heavy atom. The molecule has 3 aromatic rings. The number of benzene rings is 1. The normalized spacial score (nSPS) is 25.6. The number of thiazole rings is 1. The van der Waals surface area contributed by atoms with Crippen molar-refractivity contribution in [3.63, 3.8) is 0 Å². The fourth-order valence-electron chi connectivity index (χ4n) is 4.02. The molecule has 1 aliphatic heterocycles. The molecule has 110 valence electrons. The first-order valence-electron chi connectivity index (χ1n) is 7.54. The van der Waals surface area contributed by atoms with Gasteiger partial charge < -0.3 is 9.67 Å². The SMILES string of the molecule is O[C@H]1CC([C@@H]2c3ccccc3-c3cncn32)Cc2ncsc21. The number of aliphatic hydroxyl groups is 1. The lowest BCUT2D eigenvalue weighted by Crippen LogP contribution is -2.26. The van der Waals surface area contributed by atoms with Crippen LogP contribution >= 0.6 is 11.3 Å². The summed E-state index contributed by atoms with van der Waals surface area (Å²) in [6.07, 6.45) is 5.18. The molecule has 0 fully saturated rings. The maximum absolute atomic E-state index is 10.5. The molecule has 0 saturated heterocycles. The van der Waals surface area contributed by atoms with Crippen molar-refractivity contribution in [3.8, 4) is 11.3 Å². The zero-order chi connectivity index (χ0) is 14.7. The molecule has 0 amide bonds. The summed E-state index contributed by atoms with van der Waals surface area (Å²) >= 11 is 1.57. The molecule has 3 heterocycles. The molecular weight excluding hydrogens is 294 g/mol. The smallest absolute Gasteiger partial charge is 0.0956 e. The van der Waals surface area contributed by atoms with E-state index in [9.17, 15) is 5.11 Å². The van der Waals surface area contributed by atoms with Crippen LogP contribution in [0.5, 0.6) is 0 Å². The van der Waals surface area contributed by atoms with Crippen LogP contribution in [0.1, 0.15) is 34.7 Å². The second kappa shape index (κ2) is 4.51. The Bertz CT molecular complexity index is 853. The van der Waals surface area contributed by atoms with Crippen molar-refractivity contribution in [2.24, 2.45) is 5.92 Å². The number of hydrogen-bond donors (Lipinski definition) is 1. The van der Waals surface area contributed by atoms with E-state index in [0.717, 1.165) is 23.4 Å². The second-order valence-corrected chi connectivity index (χ2v) is 6.98. The van der Waals surface area contributed by atoms with Crippen LogP contribution in [-0.2, 0) is 6.42 Å². The van der Waals surface area contributed by atoms with Gasteiger partial charge >= 0.3 is 0 Å². The molecule has 4 nitrogen and oxygen atoms in total. The van der Waals surface area contributed by atoms with Crippen molar-refractivity contribution in [3.05, 3.63) is 58.4 Å². The summed E-state index contributed by atoms with van der Waals surface area (Å²) in [6, 6.07) is 8.79. The van der Waals surface area contributed by atoms with Crippen LogP contribution in [0.3, 0.4) is 0 Å². The van der Waals surface area contributed by atoms with E-state index in [1.54, 1.807) is 11.3 Å². The van der Waals surface area contributed by atoms with Gasteiger partial charge in [0.2, 0.25) is 0 Å². The van der Waals surface area contributed by atoms with Crippen LogP contribution in [-0.4, -0.2) is 19.6 Å². The van der Waals surface area contributed by atoms with Gasteiger partial charge in [-0.15, -0.1) is 11.3 Å². The standard InChI is InChI=1S/C17H15N3OS/c21-15-6-10(5-13-17(15)22-9-19-13)16-12-4-2-1-3-11(12)14-7-18-8-20(14)16/h1-4,7-10,15-16,21H,5-6H2/t10?,15-,16+/m0/s1. The van der Waals surface area contributed by atoms with Crippen molar-refractivity contribution in [1.82, 2.24) is 14.5 Å². The summed E-state index contributed by atoms with van der Waals surface area (Å²) in [5.41, 5.74) is 6.71. The van der Waals surface area contributed by atoms with Gasteiger partial charge in [-0.25, -0.2) is 9.97 Å². The Hall–Kier alpha value is -1.98. The number of imidazole rings is 1. The van der Waals surface area contributed by atoms with Crippen molar-refractivity contribution in [2.75, 3.05) is 0 Å². The predicted molar refractivity (Wildman–Crippen MR) is 84.7 cm³/mol. The molecule has 1 unspecified atom stereocenters. The van der Waals surface area contributed by atoms with Gasteiger partial charge in [0.25, 0.3) is 0 Å². The maximum Gasteiger partial charge on any atom is 0.0956 e. The minimum Gasteiger partial charge on any atom is -0.387 e. The zero-order valence-electron chi connectivity index (χ0n) is 11.9. The third kappa shape index (κ3) is 1.61. The first-order valence-corrected chi connectivity index (χ1v) is 8.42. The fourth-order valence-corrected chi connectivity index (χ4v) is 4.84. The third-order valence-corrected chi connectivity index (χ3v) is 5.90. The summed E-state index contributed by atoms with van der Waals surface area (Å²) in [5.74, 6) is 0.348. The third-order valence-electron chi connectivity index (χ3n) is 4.92. The van der Waals surface area contributed by atoms with E-state index in [2.05, 4.69) is 38.8 Å². The van der Waals surface area contributed by atoms with E-state index < -0.39 is 0 Å². The monoisotopic (exact) mass is 309 g/mol. The van der Waals surface area contributed by atoms with Gasteiger partial charge in [-0.2, -0.15) is 0 Å². The number of hydrogen-bond acceptors (Lipinski definition) is 4. The average Bonchev–Trinajstić information content (AvgIpc) is 3.21. The van der Waals surface area contributed by atoms with Crippen LogP contribution in [0.2, 0.25) is 0 Å². The highest BCUT2D eigenvalue weighted by molar-refractivity contribution is 7.09. The van der Waals surface area contributed by atoms with Crippen LogP contribution in [0.15, 0.2) is 42.3 Å². The first kappa shape index (κ1) is 12.6. The zero-order valence-corrected chi connectivity index (χ0v) is 12.7. The van der Waals surface area contributed by atoms with E-state index in [1.807, 2.05) is 18.0 Å². The van der Waals surface area contributed by atoms with E-state index >= 15 is 0 Å². The first-order chi connectivity index (χ1) is 10.8. The maximum atomic E-state index is 10.5. The molecular formula is C17H15N3OS. The van der Waals surface area contributed by atoms with E-state index in [4.69, 9.17) is 0 Å². The molecule has 0 spiro atoms. The van der Waals surface area contributed by atoms with E-state index in [1.165, 1.54) is 16.8 Å². The number of rotatable bonds is 1. The molecule has 2 aromatic heterocycles. The Balaban J connectivity index is 1.62. The summed E-state index contributed by atoms with van der Waals surface area (Å²) < 4.78 is 2.26. The van der Waals surface area contributed by atoms with Crippen LogP contribution < -0.4 is 0 Å². The number of aliphatic hydroxyl groups excluding tert-OH is 1. The Kier molecular flexibility index (Phi) is 2.57. The Labute approximate surface area is 132 Å². The largest absolute Gasteiger partial charge is 0.387 e. The lowest BCUT2D eigenvalue weighted by Gasteiger charge is -2.31. The van der Waals surface area contributed by atoms with Crippen LogP contribution in [0.25, 0.3) is 11.3 Å². The fraction of sp³-hybridized carbons (Fsp3) is 0.294. The number of aromatic nitrogens is 3. The van der Waals surface area contributed by atoms with Crippen molar-refractivity contribution in [2.45, 2.75) is 25.0 Å². The summed E-state index contributed by atoms with van der Waals surface area (Å²) in [7, 11) is 0. The lowest BCUT2D eigenvalue weighted by atomic mass is 9.81. The Morgan fingerprint density at radius 3 is 3.14 bits per heavy atom. The molecule has 0 radical (unpaired) electrons. The summed E-state index contributed by atoms with van der Waals surface area (Å²) in [6.45, 7) is 0. The van der Waals surface area contributed by atoms with Gasteiger partial charge in [0.05, 0.1) is 46.4 Å². The molecule has 1 aliphatic carbocycles. The molecule has 22 heavy (non-hydrogen) atoms. The highest BCUT2D eigenvalue weighted by atomic mass is 32.1. The average molecular weight is 309 g/mol. The molecule has 5 heteroatoms. The van der Waals surface area contributed by atoms with Gasteiger partial charge in [0, 0.05) is 5.56 Å². The molecule has 1 aromatic carbocycles. The highest BCUT2D eigenvalue weighted by Gasteiger charge is 2.38. The van der Waals surface area contributed by atoms with Crippen LogP contribution in [0, 0.1) is 5.92 Å². The van der Waals surface area contributed by atoms with Crippen molar-refractivity contribution < 1.29 is 5.11 Å². The van der Waals surface area contributed by atoms with Crippen LogP contribution in [0.4, 0.5) is 0 Å². The number of fused-ring (bicyclic) bond motifs is 4. The topological polar surface area (TPSA) is 50.9 Å². The van der Waals surface area contributed by atoms with E-state index in [-0.39, 0.29) is 12.1 Å². The summed E-state index contributed by atoms with van der Waals surface area (Å²) in [5, 5.41) is 10.5. The van der Waals surface area contributed by atoms with E-state index in [0.29, 0.717) is 5.92 Å². The molecule has 0 saturated carbocycles. The van der Waals surface area contributed by atoms with Gasteiger partial charge in [0.1, 0.15) is 0 Å². The number of nitrogens with zero attached hydrogens (tertiary/aromatic N) is 3. The molecule has 2 aliphatic rings. The molecule has 5 rings (SSSR count). The second-order valence-electron chi connectivity index (χ2n) is 6.10. The van der Waals surface area contributed by atoms with Gasteiger partial charge in [-0.1, -0.05) is 24.3 Å². The van der Waals surface area contributed by atoms with Gasteiger partial charge in [-0.05, 0) is 24.3 Å². The summed E-state index contributed by atoms with van der Waals surface area (Å²) in [4.78, 5) is 9.84. The van der Waals surface area contributed by atoms with Gasteiger partial charge in [0.15, 0.2) is 0 Å². The Morgan fingerprint density at radius 1 is 1.27 bits per heavy atom. The lowest BCUT2D eigenvalue weighted by molar-refractivity contribution is 0.122. The minimum atomic E-state index is -0.388. The molecule has 0 bridgehead atoms. The predicted octanol–water partition coefficient (Wildman–Crippen LogP) is 3.21. The molecule has 3 atom stereocenters. The van der Waals surface area contributed by atoms with Crippen molar-refractivity contribution in [1.29, 1.82) is 0 Å².